The molecule has 0 fully saturated rings. The van der Waals surface area contributed by atoms with Crippen molar-refractivity contribution in [3.05, 3.63) is 102 Å². The number of allylic oxidation sites excluding steroid dienone is 1. The number of hydrogen-bond acceptors (Lipinski definition) is 6. The topological polar surface area (TPSA) is 86.2 Å². The number of ether oxygens (including phenoxy) is 3. The van der Waals surface area contributed by atoms with Crippen molar-refractivity contribution in [3.63, 3.8) is 0 Å². The van der Waals surface area contributed by atoms with E-state index >= 15 is 0 Å². The maximum atomic E-state index is 12.2. The van der Waals surface area contributed by atoms with E-state index < -0.39 is 5.97 Å². The maximum Gasteiger partial charge on any atom is 0.343 e. The van der Waals surface area contributed by atoms with Crippen LogP contribution in [0.3, 0.4) is 0 Å². The van der Waals surface area contributed by atoms with Crippen molar-refractivity contribution in [2.45, 2.75) is 6.42 Å². The van der Waals surface area contributed by atoms with Gasteiger partial charge in [-0.1, -0.05) is 24.3 Å². The van der Waals surface area contributed by atoms with Gasteiger partial charge >= 0.3 is 5.97 Å². The fourth-order valence-electron chi connectivity index (χ4n) is 2.84. The van der Waals surface area contributed by atoms with E-state index in [1.165, 1.54) is 6.21 Å². The van der Waals surface area contributed by atoms with Gasteiger partial charge < -0.3 is 14.2 Å². The second-order valence-electron chi connectivity index (χ2n) is 6.87. The van der Waals surface area contributed by atoms with Gasteiger partial charge in [-0.3, -0.25) is 4.79 Å². The van der Waals surface area contributed by atoms with Crippen LogP contribution in [0.1, 0.15) is 21.5 Å². The molecule has 0 heterocycles. The molecule has 168 valence electrons. The van der Waals surface area contributed by atoms with Crippen LogP contribution < -0.4 is 19.6 Å². The molecule has 0 saturated heterocycles. The Kier molecular flexibility index (Phi) is 8.36. The van der Waals surface area contributed by atoms with E-state index in [9.17, 15) is 9.59 Å². The summed E-state index contributed by atoms with van der Waals surface area (Å²) in [5, 5.41) is 3.93. The summed E-state index contributed by atoms with van der Waals surface area (Å²) >= 11 is 0. The highest BCUT2D eigenvalue weighted by molar-refractivity contribution is 5.91. The Balaban J connectivity index is 1.47. The van der Waals surface area contributed by atoms with Crippen LogP contribution >= 0.6 is 0 Å². The second-order valence-corrected chi connectivity index (χ2v) is 6.87. The lowest BCUT2D eigenvalue weighted by Crippen LogP contribution is -2.24. The molecule has 0 aromatic heterocycles. The number of methoxy groups -OCH3 is 1. The molecule has 0 aliphatic heterocycles. The highest BCUT2D eigenvalue weighted by atomic mass is 16.5. The number of para-hydroxylation sites is 1. The van der Waals surface area contributed by atoms with Crippen LogP contribution in [0.2, 0.25) is 0 Å². The lowest BCUT2D eigenvalue weighted by molar-refractivity contribution is -0.123. The van der Waals surface area contributed by atoms with Crippen molar-refractivity contribution in [1.82, 2.24) is 5.43 Å². The summed E-state index contributed by atoms with van der Waals surface area (Å²) in [7, 11) is 1.56. The van der Waals surface area contributed by atoms with E-state index in [4.69, 9.17) is 14.2 Å². The normalized spacial score (nSPS) is 10.5. The molecule has 0 aliphatic rings. The number of carbonyl (C=O) groups is 2. The number of nitrogens with one attached hydrogen (secondary N) is 1. The van der Waals surface area contributed by atoms with Crippen molar-refractivity contribution < 1.29 is 23.8 Å². The van der Waals surface area contributed by atoms with Crippen LogP contribution in [-0.2, 0) is 11.2 Å². The first kappa shape index (κ1) is 23.3. The SMILES string of the molecule is C=CCc1ccccc1OCC(=O)NN=Cc1ccc(OC(=O)c2ccc(OC)cc2)cc1. The zero-order chi connectivity index (χ0) is 23.5. The predicted octanol–water partition coefficient (Wildman–Crippen LogP) is 4.17. The number of hydrogen-bond donors (Lipinski definition) is 1. The van der Waals surface area contributed by atoms with E-state index in [0.29, 0.717) is 29.2 Å². The Morgan fingerprint density at radius 3 is 2.36 bits per heavy atom. The Labute approximate surface area is 192 Å². The van der Waals surface area contributed by atoms with Gasteiger partial charge in [0.05, 0.1) is 18.9 Å². The molecule has 1 amide bonds. The zero-order valence-electron chi connectivity index (χ0n) is 18.2. The summed E-state index contributed by atoms with van der Waals surface area (Å²) in [6.45, 7) is 3.56. The quantitative estimate of drug-likeness (QED) is 0.167. The van der Waals surface area contributed by atoms with E-state index in [1.807, 2.05) is 18.2 Å². The van der Waals surface area contributed by atoms with Crippen LogP contribution in [0.5, 0.6) is 17.2 Å². The Morgan fingerprint density at radius 2 is 1.67 bits per heavy atom. The smallest absolute Gasteiger partial charge is 0.343 e. The van der Waals surface area contributed by atoms with Gasteiger partial charge in [-0.15, -0.1) is 6.58 Å². The number of benzene rings is 3. The van der Waals surface area contributed by atoms with Gasteiger partial charge in [0.1, 0.15) is 17.2 Å². The van der Waals surface area contributed by atoms with Crippen molar-refractivity contribution in [2.75, 3.05) is 13.7 Å². The van der Waals surface area contributed by atoms with Crippen LogP contribution in [0.25, 0.3) is 0 Å². The average Bonchev–Trinajstić information content (AvgIpc) is 2.85. The first-order valence-electron chi connectivity index (χ1n) is 10.2. The summed E-state index contributed by atoms with van der Waals surface area (Å²) in [6, 6.07) is 20.8. The van der Waals surface area contributed by atoms with E-state index in [2.05, 4.69) is 17.1 Å². The summed E-state index contributed by atoms with van der Waals surface area (Å²) < 4.78 is 16.0. The molecule has 7 heteroatoms. The fraction of sp³-hybridized carbons (Fsp3) is 0.115. The minimum absolute atomic E-state index is 0.161. The van der Waals surface area contributed by atoms with Crippen LogP contribution in [0.15, 0.2) is 90.6 Å². The first-order valence-corrected chi connectivity index (χ1v) is 10.2. The Hall–Kier alpha value is -4.39. The number of nitrogens with zero attached hydrogens (tertiary/aromatic N) is 1. The van der Waals surface area contributed by atoms with Gasteiger partial charge in [0.25, 0.3) is 5.91 Å². The lowest BCUT2D eigenvalue weighted by atomic mass is 10.1. The van der Waals surface area contributed by atoms with Crippen molar-refractivity contribution in [1.29, 1.82) is 0 Å². The molecule has 0 bridgehead atoms. The molecule has 0 spiro atoms. The zero-order valence-corrected chi connectivity index (χ0v) is 18.2. The minimum Gasteiger partial charge on any atom is -0.497 e. The third-order valence-corrected chi connectivity index (χ3v) is 4.51. The Morgan fingerprint density at radius 1 is 0.970 bits per heavy atom. The molecule has 0 unspecified atom stereocenters. The molecule has 33 heavy (non-hydrogen) atoms. The molecular weight excluding hydrogens is 420 g/mol. The molecule has 0 atom stereocenters. The summed E-state index contributed by atoms with van der Waals surface area (Å²) in [5.41, 5.74) is 4.51. The standard InChI is InChI=1S/C26H24N2O5/c1-3-6-20-7-4-5-8-24(20)32-18-25(29)28-27-17-19-9-13-23(14-10-19)33-26(30)21-11-15-22(31-2)16-12-21/h3-5,7-17H,1,6,18H2,2H3,(H,28,29). The lowest BCUT2D eigenvalue weighted by Gasteiger charge is -2.09. The third kappa shape index (κ3) is 7.07. The molecule has 0 aliphatic carbocycles. The van der Waals surface area contributed by atoms with Crippen molar-refractivity contribution in [2.24, 2.45) is 5.10 Å². The third-order valence-electron chi connectivity index (χ3n) is 4.51. The monoisotopic (exact) mass is 444 g/mol. The molecule has 3 aromatic carbocycles. The van der Waals surface area contributed by atoms with E-state index in [-0.39, 0.29) is 12.5 Å². The number of carbonyl (C=O) groups excluding carboxylic acids is 2. The molecule has 3 rings (SSSR count). The number of esters is 1. The molecule has 1 N–H and O–H groups in total. The highest BCUT2D eigenvalue weighted by Gasteiger charge is 2.09. The summed E-state index contributed by atoms with van der Waals surface area (Å²) in [6.07, 6.45) is 3.91. The van der Waals surface area contributed by atoms with Crippen LogP contribution in [-0.4, -0.2) is 31.8 Å². The highest BCUT2D eigenvalue weighted by Crippen LogP contribution is 2.19. The van der Waals surface area contributed by atoms with Gasteiger partial charge in [-0.25, -0.2) is 10.2 Å². The summed E-state index contributed by atoms with van der Waals surface area (Å²) in [4.78, 5) is 24.2. The predicted molar refractivity (Wildman–Crippen MR) is 126 cm³/mol. The average molecular weight is 444 g/mol. The largest absolute Gasteiger partial charge is 0.497 e. The van der Waals surface area contributed by atoms with Gasteiger partial charge in [-0.2, -0.15) is 5.10 Å². The first-order chi connectivity index (χ1) is 16.1. The molecular formula is C26H24N2O5. The van der Waals surface area contributed by atoms with Crippen molar-refractivity contribution >= 4 is 18.1 Å². The second kappa shape index (κ2) is 11.9. The van der Waals surface area contributed by atoms with Crippen molar-refractivity contribution in [3.8, 4) is 17.2 Å². The van der Waals surface area contributed by atoms with E-state index in [0.717, 1.165) is 11.1 Å². The number of amides is 1. The van der Waals surface area contributed by atoms with Gasteiger partial charge in [-0.05, 0) is 72.1 Å². The fourth-order valence-corrected chi connectivity index (χ4v) is 2.84. The summed E-state index contributed by atoms with van der Waals surface area (Å²) in [5.74, 6) is 0.831. The maximum absolute atomic E-state index is 12.2. The Bertz CT molecular complexity index is 1120. The van der Waals surface area contributed by atoms with Crippen LogP contribution in [0, 0.1) is 0 Å². The minimum atomic E-state index is -0.471. The van der Waals surface area contributed by atoms with Gasteiger partial charge in [0, 0.05) is 0 Å². The number of hydrazone groups is 1. The number of rotatable bonds is 10. The molecule has 0 radical (unpaired) electrons. The molecule has 0 saturated carbocycles. The van der Waals surface area contributed by atoms with Crippen LogP contribution in [0.4, 0.5) is 0 Å². The van der Waals surface area contributed by atoms with Gasteiger partial charge in [0.2, 0.25) is 0 Å². The molecule has 3 aromatic rings. The van der Waals surface area contributed by atoms with E-state index in [1.54, 1.807) is 67.8 Å². The molecule has 7 nitrogen and oxygen atoms in total. The van der Waals surface area contributed by atoms with Gasteiger partial charge in [0.15, 0.2) is 6.61 Å².